The third-order valence-corrected chi connectivity index (χ3v) is 6.32. The minimum atomic E-state index is -5.59. The number of benzene rings is 3. The van der Waals surface area contributed by atoms with Gasteiger partial charge in [-0.05, 0) is 48.9 Å². The number of anilines is 2. The first-order valence-corrected chi connectivity index (χ1v) is 12.0. The van der Waals surface area contributed by atoms with Crippen LogP contribution in [0, 0.1) is 0 Å². The summed E-state index contributed by atoms with van der Waals surface area (Å²) in [4.78, 5) is 24.8. The zero-order valence-corrected chi connectivity index (χ0v) is 19.5. The van der Waals surface area contributed by atoms with Crippen LogP contribution < -0.4 is 15.4 Å². The van der Waals surface area contributed by atoms with Crippen LogP contribution in [0.4, 0.5) is 24.5 Å². The Labute approximate surface area is 205 Å². The molecule has 0 unspecified atom stereocenters. The van der Waals surface area contributed by atoms with Gasteiger partial charge in [0, 0.05) is 5.69 Å². The highest BCUT2D eigenvalue weighted by Gasteiger charge is 2.46. The first-order valence-electron chi connectivity index (χ1n) is 10.5. The molecule has 0 fully saturated rings. The van der Waals surface area contributed by atoms with Gasteiger partial charge in [-0.1, -0.05) is 36.4 Å². The Hall–Kier alpha value is -4.12. The number of amides is 2. The van der Waals surface area contributed by atoms with Gasteiger partial charge in [-0.15, -0.1) is 6.58 Å². The van der Waals surface area contributed by atoms with Crippen molar-refractivity contribution in [2.24, 2.45) is 0 Å². The normalized spacial score (nSPS) is 11.4. The predicted octanol–water partition coefficient (Wildman–Crippen LogP) is 5.44. The van der Waals surface area contributed by atoms with Gasteiger partial charge in [0.25, 0.3) is 21.7 Å². The lowest BCUT2D eigenvalue weighted by molar-refractivity contribution is -0.0436. The molecule has 2 amide bonds. The van der Waals surface area contributed by atoms with Crippen molar-refractivity contribution in [3.05, 3.63) is 96.6 Å². The van der Waals surface area contributed by atoms with Gasteiger partial charge >= 0.3 is 5.51 Å². The van der Waals surface area contributed by atoms with E-state index >= 15 is 0 Å². The van der Waals surface area contributed by atoms with Crippen LogP contribution >= 0.6 is 0 Å². The summed E-state index contributed by atoms with van der Waals surface area (Å²) >= 11 is 0. The number of halogens is 3. The highest BCUT2D eigenvalue weighted by Crippen LogP contribution is 2.31. The summed E-state index contributed by atoms with van der Waals surface area (Å²) in [5.74, 6) is -0.993. The fraction of sp³-hybridized carbons (Fsp3) is 0.120. The number of carbonyl (C=O) groups is 2. The second-order valence-electron chi connectivity index (χ2n) is 7.35. The van der Waals surface area contributed by atoms with E-state index in [2.05, 4.69) is 17.2 Å². The van der Waals surface area contributed by atoms with Gasteiger partial charge in [-0.2, -0.15) is 13.2 Å². The summed E-state index contributed by atoms with van der Waals surface area (Å²) in [6.45, 7) is 3.93. The first-order chi connectivity index (χ1) is 17.0. The second-order valence-corrected chi connectivity index (χ2v) is 9.29. The Bertz CT molecular complexity index is 1390. The summed E-state index contributed by atoms with van der Waals surface area (Å²) < 4.78 is 67.6. The monoisotopic (exact) mass is 518 g/mol. The zero-order valence-electron chi connectivity index (χ0n) is 18.7. The summed E-state index contributed by atoms with van der Waals surface area (Å²) in [5, 5.41) is 5.00. The third kappa shape index (κ3) is 6.11. The van der Waals surface area contributed by atoms with Crippen LogP contribution in [-0.2, 0) is 9.84 Å². The third-order valence-electron chi connectivity index (χ3n) is 4.84. The van der Waals surface area contributed by atoms with Crippen LogP contribution in [0.3, 0.4) is 0 Å². The summed E-state index contributed by atoms with van der Waals surface area (Å²) in [5.41, 5.74) is -5.31. The van der Waals surface area contributed by atoms with Crippen molar-refractivity contribution in [1.29, 1.82) is 0 Å². The number of sulfone groups is 1. The van der Waals surface area contributed by atoms with Crippen LogP contribution in [0.5, 0.6) is 5.75 Å². The van der Waals surface area contributed by atoms with Crippen LogP contribution in [0.15, 0.2) is 90.3 Å². The van der Waals surface area contributed by atoms with Crippen LogP contribution in [0.1, 0.15) is 27.1 Å². The highest BCUT2D eigenvalue weighted by molar-refractivity contribution is 7.92. The van der Waals surface area contributed by atoms with Gasteiger partial charge in [-0.3, -0.25) is 9.59 Å². The van der Waals surface area contributed by atoms with E-state index in [0.29, 0.717) is 24.8 Å². The van der Waals surface area contributed by atoms with Gasteiger partial charge in [0.2, 0.25) is 0 Å². The predicted molar refractivity (Wildman–Crippen MR) is 129 cm³/mol. The molecule has 11 heteroatoms. The maximum atomic E-state index is 12.9. The second kappa shape index (κ2) is 11.1. The molecule has 0 aliphatic carbocycles. The molecule has 0 saturated carbocycles. The van der Waals surface area contributed by atoms with Crippen molar-refractivity contribution in [2.75, 3.05) is 17.2 Å². The lowest BCUT2D eigenvalue weighted by Gasteiger charge is -2.14. The van der Waals surface area contributed by atoms with Crippen molar-refractivity contribution in [3.63, 3.8) is 0 Å². The number of para-hydroxylation sites is 2. The number of alkyl halides is 3. The Morgan fingerprint density at radius 1 is 0.889 bits per heavy atom. The maximum absolute atomic E-state index is 12.9. The SMILES string of the molecule is C=CCCOc1ccccc1C(=O)Nc1ccccc1C(=O)Nc1cccc(S(=O)(=O)C(F)(F)F)c1. The Morgan fingerprint density at radius 2 is 1.53 bits per heavy atom. The quantitative estimate of drug-likeness (QED) is 0.290. The molecule has 0 aliphatic rings. The molecule has 0 saturated heterocycles. The molecule has 2 N–H and O–H groups in total. The molecule has 0 spiro atoms. The van der Waals surface area contributed by atoms with Crippen molar-refractivity contribution < 1.29 is 35.9 Å². The van der Waals surface area contributed by atoms with Crippen molar-refractivity contribution >= 4 is 33.0 Å². The zero-order chi connectivity index (χ0) is 26.3. The minimum Gasteiger partial charge on any atom is -0.492 e. The molecular formula is C25H21F3N2O5S. The number of hydrogen-bond donors (Lipinski definition) is 2. The van der Waals surface area contributed by atoms with E-state index in [1.165, 1.54) is 24.3 Å². The van der Waals surface area contributed by atoms with E-state index in [9.17, 15) is 31.2 Å². The number of nitrogens with one attached hydrogen (secondary N) is 2. The van der Waals surface area contributed by atoms with Crippen molar-refractivity contribution in [2.45, 2.75) is 16.8 Å². The molecule has 3 aromatic rings. The van der Waals surface area contributed by atoms with Crippen LogP contribution in [0.2, 0.25) is 0 Å². The molecule has 3 aromatic carbocycles. The largest absolute Gasteiger partial charge is 0.501 e. The molecule has 0 aromatic heterocycles. The topological polar surface area (TPSA) is 102 Å². The first kappa shape index (κ1) is 26.5. The number of carbonyl (C=O) groups excluding carboxylic acids is 2. The van der Waals surface area contributed by atoms with Crippen molar-refractivity contribution in [3.8, 4) is 5.75 Å². The fourth-order valence-electron chi connectivity index (χ4n) is 3.09. The van der Waals surface area contributed by atoms with E-state index in [1.54, 1.807) is 36.4 Å². The van der Waals surface area contributed by atoms with E-state index in [1.807, 2.05) is 0 Å². The molecule has 0 radical (unpaired) electrons. The summed E-state index contributed by atoms with van der Waals surface area (Å²) in [7, 11) is -5.59. The maximum Gasteiger partial charge on any atom is 0.501 e. The molecule has 0 bridgehead atoms. The average molecular weight is 519 g/mol. The molecule has 0 heterocycles. The molecule has 0 aliphatic heterocycles. The van der Waals surface area contributed by atoms with Crippen LogP contribution in [0.25, 0.3) is 0 Å². The fourth-order valence-corrected chi connectivity index (χ4v) is 3.89. The summed E-state index contributed by atoms with van der Waals surface area (Å²) in [6.07, 6.45) is 2.25. The molecular weight excluding hydrogens is 497 g/mol. The standard InChI is InChI=1S/C25H21F3N2O5S/c1-2-3-15-35-22-14-7-5-12-20(22)24(32)30-21-13-6-4-11-19(21)23(31)29-17-9-8-10-18(16-17)36(33,34)25(26,27)28/h2,4-14,16H,1,3,15H2,(H,29,31)(H,30,32). The van der Waals surface area contributed by atoms with E-state index in [-0.39, 0.29) is 22.5 Å². The number of hydrogen-bond acceptors (Lipinski definition) is 5. The van der Waals surface area contributed by atoms with Gasteiger partial charge in [0.05, 0.1) is 28.3 Å². The van der Waals surface area contributed by atoms with Gasteiger partial charge in [0.1, 0.15) is 5.75 Å². The number of ether oxygens (including phenoxy) is 1. The average Bonchev–Trinajstić information content (AvgIpc) is 2.84. The molecule has 3 rings (SSSR count). The minimum absolute atomic E-state index is 0.0000107. The van der Waals surface area contributed by atoms with Gasteiger partial charge in [0.15, 0.2) is 0 Å². The smallest absolute Gasteiger partial charge is 0.492 e. The number of rotatable bonds is 9. The van der Waals surface area contributed by atoms with E-state index in [4.69, 9.17) is 4.74 Å². The highest BCUT2D eigenvalue weighted by atomic mass is 32.2. The Morgan fingerprint density at radius 3 is 2.22 bits per heavy atom. The van der Waals surface area contributed by atoms with E-state index in [0.717, 1.165) is 12.1 Å². The molecule has 0 atom stereocenters. The van der Waals surface area contributed by atoms with Crippen molar-refractivity contribution in [1.82, 2.24) is 0 Å². The van der Waals surface area contributed by atoms with Gasteiger partial charge < -0.3 is 15.4 Å². The Kier molecular flexibility index (Phi) is 8.15. The lowest BCUT2D eigenvalue weighted by Crippen LogP contribution is -2.23. The molecule has 7 nitrogen and oxygen atoms in total. The summed E-state index contributed by atoms with van der Waals surface area (Å²) in [6, 6.07) is 16.3. The van der Waals surface area contributed by atoms with E-state index < -0.39 is 32.1 Å². The Balaban J connectivity index is 1.82. The van der Waals surface area contributed by atoms with Gasteiger partial charge in [-0.25, -0.2) is 8.42 Å². The van der Waals surface area contributed by atoms with Crippen LogP contribution in [-0.4, -0.2) is 32.3 Å². The lowest BCUT2D eigenvalue weighted by atomic mass is 10.1. The molecule has 188 valence electrons. The molecule has 36 heavy (non-hydrogen) atoms.